The van der Waals surface area contributed by atoms with Gasteiger partial charge in [0.25, 0.3) is 25.8 Å². The second-order valence-electron chi connectivity index (χ2n) is 30.2. The molecule has 0 saturated carbocycles. The number of nitrogens with zero attached hydrogens (tertiary/aromatic N) is 5. The van der Waals surface area contributed by atoms with Crippen LogP contribution in [0.15, 0.2) is 147 Å². The van der Waals surface area contributed by atoms with Gasteiger partial charge in [0.05, 0.1) is 45.9 Å². The number of hydrogen-bond donors (Lipinski definition) is 5. The lowest BCUT2D eigenvalue weighted by atomic mass is 9.71. The Bertz CT molecular complexity index is 4330. The summed E-state index contributed by atoms with van der Waals surface area (Å²) < 4.78 is 105. The van der Waals surface area contributed by atoms with E-state index in [-0.39, 0.29) is 47.1 Å². The van der Waals surface area contributed by atoms with E-state index >= 15 is 0 Å². The molecule has 3 fully saturated rings. The topological polar surface area (TPSA) is 249 Å². The summed E-state index contributed by atoms with van der Waals surface area (Å²) in [5, 5.41) is 13.1. The van der Waals surface area contributed by atoms with Crippen molar-refractivity contribution in [2.75, 3.05) is 94.6 Å². The number of piperazine rings is 1. The predicted octanol–water partition coefficient (Wildman–Crippen LogP) is 13.9. The molecule has 1 aliphatic carbocycles. The maximum atomic E-state index is 14.4. The minimum Gasteiger partial charge on any atom is -0.380 e. The first-order valence-electron chi connectivity index (χ1n) is 37.4. The summed E-state index contributed by atoms with van der Waals surface area (Å²) in [7, 11) is -11.0. The van der Waals surface area contributed by atoms with E-state index in [1.807, 2.05) is 112 Å². The van der Waals surface area contributed by atoms with E-state index in [1.165, 1.54) is 35.0 Å². The number of morpholine rings is 1. The fourth-order valence-electron chi connectivity index (χ4n) is 14.5. The minimum atomic E-state index is -6.11. The number of likely N-dealkylation sites (tertiary alicyclic amines) is 1. The molecule has 108 heavy (non-hydrogen) atoms. The Hall–Kier alpha value is -7.37. The van der Waals surface area contributed by atoms with Crippen molar-refractivity contribution in [2.24, 2.45) is 10.8 Å². The molecule has 0 spiro atoms. The van der Waals surface area contributed by atoms with Crippen LogP contribution in [-0.2, 0) is 43.8 Å². The Morgan fingerprint density at radius 3 is 2.07 bits per heavy atom. The van der Waals surface area contributed by atoms with Crippen LogP contribution in [0.25, 0.3) is 16.0 Å². The van der Waals surface area contributed by atoms with Gasteiger partial charge in [-0.3, -0.25) is 33.8 Å². The highest BCUT2D eigenvalue weighted by Crippen LogP contribution is 2.44. The van der Waals surface area contributed by atoms with Crippen LogP contribution in [0.2, 0.25) is 5.02 Å². The quantitative estimate of drug-likeness (QED) is 0.0190. The Balaban J connectivity index is 0.655. The van der Waals surface area contributed by atoms with Crippen molar-refractivity contribution in [3.63, 3.8) is 0 Å². The number of benzene rings is 5. The molecule has 3 saturated heterocycles. The summed E-state index contributed by atoms with van der Waals surface area (Å²) in [6.07, 6.45) is 9.78. The van der Waals surface area contributed by atoms with E-state index in [2.05, 4.69) is 60.0 Å². The van der Waals surface area contributed by atoms with Gasteiger partial charge in [-0.2, -0.15) is 13.2 Å². The molecule has 4 heterocycles. The molecule has 1 unspecified atom stereocenters. The summed E-state index contributed by atoms with van der Waals surface area (Å²) >= 11 is 9.38. The Morgan fingerprint density at radius 2 is 1.43 bits per heavy atom. The third-order valence-corrected chi connectivity index (χ3v) is 26.1. The van der Waals surface area contributed by atoms with E-state index in [1.54, 1.807) is 28.4 Å². The normalized spacial score (nSPS) is 18.6. The number of allylic oxidation sites excluding steroid dienone is 1. The van der Waals surface area contributed by atoms with Crippen LogP contribution in [0, 0.1) is 17.8 Å². The van der Waals surface area contributed by atoms with E-state index in [0.717, 1.165) is 101 Å². The Kier molecular flexibility index (Phi) is 28.9. The van der Waals surface area contributed by atoms with Gasteiger partial charge in [0.15, 0.2) is 0 Å². The van der Waals surface area contributed by atoms with Crippen molar-refractivity contribution < 1.29 is 58.7 Å². The highest BCUT2D eigenvalue weighted by atomic mass is 35.5. The molecule has 10 rings (SSSR count). The molecule has 3 aliphatic heterocycles. The van der Waals surface area contributed by atoms with Gasteiger partial charge in [-0.05, 0) is 165 Å². The zero-order valence-electron chi connectivity index (χ0n) is 62.5. The lowest BCUT2D eigenvalue weighted by Gasteiger charge is -2.41. The first-order valence-corrected chi connectivity index (χ1v) is 42.6. The number of thiazole rings is 1. The molecule has 20 nitrogen and oxygen atoms in total. The molecule has 4 aliphatic rings. The van der Waals surface area contributed by atoms with Gasteiger partial charge < -0.3 is 35.8 Å². The largest absolute Gasteiger partial charge is 0.501 e. The monoisotopic (exact) mass is 1580 g/mol. The number of sulfone groups is 1. The van der Waals surface area contributed by atoms with Gasteiger partial charge in [-0.1, -0.05) is 125 Å². The number of nitrogens with one attached hydrogen (secondary N) is 5. The fourth-order valence-corrected chi connectivity index (χ4v) is 18.4. The van der Waals surface area contributed by atoms with Gasteiger partial charge in [-0.15, -0.1) is 23.1 Å². The number of unbranched alkanes of at least 4 members (excludes halogenated alkanes) is 5. The molecular weight excluding hydrogens is 1480 g/mol. The summed E-state index contributed by atoms with van der Waals surface area (Å²) in [5.74, 6) is -1.35. The van der Waals surface area contributed by atoms with Crippen molar-refractivity contribution in [1.82, 2.24) is 40.4 Å². The number of anilines is 2. The number of ether oxygens (including phenoxy) is 1. The molecule has 0 bridgehead atoms. The van der Waals surface area contributed by atoms with Gasteiger partial charge in [-0.25, -0.2) is 26.5 Å². The molecule has 5 aromatic carbocycles. The van der Waals surface area contributed by atoms with Crippen LogP contribution in [-0.4, -0.2) is 174 Å². The summed E-state index contributed by atoms with van der Waals surface area (Å²) in [6, 6.07) is 31.8. The number of aryl methyl sites for hydroxylation is 1. The first kappa shape index (κ1) is 83.1. The van der Waals surface area contributed by atoms with Gasteiger partial charge in [0.1, 0.15) is 17.0 Å². The lowest BCUT2D eigenvalue weighted by molar-refractivity contribution is -0.144. The van der Waals surface area contributed by atoms with Gasteiger partial charge >= 0.3 is 5.51 Å². The number of thioether (sulfide) groups is 1. The van der Waals surface area contributed by atoms with Crippen LogP contribution in [0.5, 0.6) is 0 Å². The number of carbonyl (C=O) groups is 5. The van der Waals surface area contributed by atoms with E-state index < -0.39 is 70.3 Å². The molecule has 5 N–H and O–H groups in total. The van der Waals surface area contributed by atoms with Crippen LogP contribution >= 0.6 is 34.7 Å². The van der Waals surface area contributed by atoms with Gasteiger partial charge in [0.2, 0.25) is 23.6 Å². The maximum Gasteiger partial charge on any atom is 0.501 e. The SMILES string of the molecule is Cc1ncsc1-c1ccc([C@H](C)NC(=O)[C@@H]2CCCN2C(=O)C(NC(=O)CCCCCCCCC(=O)NC[C@@]2(C)CCC(c3ccc(Cl)cc3)=C(CN3CCN(c4ccc(C(=O)NS(=O)(=O)c5ccc(N[C@H](CCN6CCOCC6)CSc6ccccc6)c(S(=O)(=O)C(F)(F)F)c5)cc4)CC3)C2)C(C)(C)C)cc1. The first-order chi connectivity index (χ1) is 51.4. The molecule has 6 aromatic rings. The molecule has 28 heteroatoms. The van der Waals surface area contributed by atoms with Crippen molar-refractivity contribution in [3.05, 3.63) is 160 Å². The number of amides is 5. The maximum absolute atomic E-state index is 14.4. The number of rotatable bonds is 33. The Morgan fingerprint density at radius 1 is 0.769 bits per heavy atom. The second kappa shape index (κ2) is 37.6. The van der Waals surface area contributed by atoms with Gasteiger partial charge in [0, 0.05) is 111 Å². The number of aromatic nitrogens is 1. The average Bonchev–Trinajstić information content (AvgIpc) is 0.861. The summed E-state index contributed by atoms with van der Waals surface area (Å²) in [4.78, 5) is 81.0. The highest BCUT2D eigenvalue weighted by molar-refractivity contribution is 7.99. The third kappa shape index (κ3) is 22.7. The van der Waals surface area contributed by atoms with Crippen molar-refractivity contribution in [1.29, 1.82) is 0 Å². The molecule has 5 amide bonds. The van der Waals surface area contributed by atoms with E-state index in [9.17, 15) is 54.0 Å². The number of carbonyl (C=O) groups excluding carboxylic acids is 5. The van der Waals surface area contributed by atoms with E-state index in [0.29, 0.717) is 128 Å². The molecule has 584 valence electrons. The van der Waals surface area contributed by atoms with Crippen molar-refractivity contribution >= 4 is 101 Å². The number of halogens is 4. The molecular formula is C80H102ClF3N10O10S4. The van der Waals surface area contributed by atoms with Crippen LogP contribution in [0.1, 0.15) is 158 Å². The molecule has 1 aromatic heterocycles. The summed E-state index contributed by atoms with van der Waals surface area (Å²) in [5.41, 5.74) is 2.26. The zero-order valence-corrected chi connectivity index (χ0v) is 66.5. The van der Waals surface area contributed by atoms with Crippen LogP contribution in [0.3, 0.4) is 0 Å². The standard InChI is InChI=1S/C80H102ClF3N10O10S4/c1-55(57-22-24-59(25-23-57)73-56(2)86-54-106-73)87-76(98)69-19-16-39-94(69)77(99)74(78(3,4)5)89-72(96)21-15-10-8-7-9-14-20-71(95)85-53-79(6)38-36-67(58-26-30-62(81)31-27-58)61(50-79)51-92-41-43-93(44-42-92)64-32-28-60(29-33-64)75(97)90-108(102,103)66-34-35-68(70(49-66)107(100,101)80(82,83)84)88-63(37-40-91-45-47-104-48-46-91)52-105-65-17-12-11-13-18-65/h11-13,17-18,22-35,49,54-55,63,69,74,88H,7-10,14-16,19-21,36-48,50-53H2,1-6H3,(H,85,95)(H,87,98)(H,89,96)(H,90,97)/t55-,63+,69-,74?,79-/m0/s1. The summed E-state index contributed by atoms with van der Waals surface area (Å²) in [6.45, 7) is 19.2. The minimum absolute atomic E-state index is 0.0173. The van der Waals surface area contributed by atoms with Crippen LogP contribution < -0.4 is 30.9 Å². The van der Waals surface area contributed by atoms with E-state index in [4.69, 9.17) is 16.3 Å². The molecule has 5 atom stereocenters. The number of hydrogen-bond acceptors (Lipinski definition) is 17. The predicted molar refractivity (Wildman–Crippen MR) is 421 cm³/mol. The number of sulfonamides is 1. The average molecular weight is 1580 g/mol. The van der Waals surface area contributed by atoms with Crippen molar-refractivity contribution in [2.45, 2.75) is 176 Å². The second-order valence-corrected chi connectivity index (χ2v) is 36.2. The lowest BCUT2D eigenvalue weighted by Crippen LogP contribution is -2.57. The third-order valence-electron chi connectivity index (χ3n) is 20.9. The highest BCUT2D eigenvalue weighted by Gasteiger charge is 2.49. The fraction of sp³-hybridized carbons (Fsp3) is 0.500. The zero-order chi connectivity index (χ0) is 77.4. The number of alkyl halides is 3. The van der Waals surface area contributed by atoms with Crippen LogP contribution in [0.4, 0.5) is 24.5 Å². The van der Waals surface area contributed by atoms with Crippen molar-refractivity contribution in [3.8, 4) is 10.4 Å². The molecule has 0 radical (unpaired) electrons. The Labute approximate surface area is 647 Å². The smallest absolute Gasteiger partial charge is 0.380 e.